The summed E-state index contributed by atoms with van der Waals surface area (Å²) in [6, 6.07) is 11.8. The van der Waals surface area contributed by atoms with Crippen LogP contribution in [0.4, 0.5) is 13.2 Å². The minimum absolute atomic E-state index is 0.114. The Balaban J connectivity index is 1.77. The highest BCUT2D eigenvalue weighted by atomic mass is 35.5. The Bertz CT molecular complexity index is 1360. The van der Waals surface area contributed by atoms with E-state index in [1.54, 1.807) is 17.8 Å². The van der Waals surface area contributed by atoms with E-state index in [4.69, 9.17) is 17.4 Å². The van der Waals surface area contributed by atoms with Crippen LogP contribution in [-0.2, 0) is 5.75 Å². The molecule has 2 heterocycles. The summed E-state index contributed by atoms with van der Waals surface area (Å²) in [7, 11) is 0. The highest BCUT2D eigenvalue weighted by molar-refractivity contribution is 7.98. The molecule has 1 amide bonds. The van der Waals surface area contributed by atoms with Gasteiger partial charge in [-0.05, 0) is 42.2 Å². The molecule has 0 saturated carbocycles. The number of pyridine rings is 1. The lowest BCUT2D eigenvalue weighted by molar-refractivity contribution is -0.172. The van der Waals surface area contributed by atoms with Gasteiger partial charge in [0.1, 0.15) is 6.04 Å². The standard InChI is InChI=1S/C25H23ClF3N3O3S/c1-14(25(27,28)29)31(24(35)22-23(34)19(33)10-12-32(22)30)11-9-17-16-6-2-3-8-20(16)36-13-15-5-4-7-18(26)21(15)17/h2-8,10,12,14,17,34H,9,11,13,30H2,1H3/t14-,17-/m1/s1. The van der Waals surface area contributed by atoms with E-state index in [0.29, 0.717) is 20.4 Å². The van der Waals surface area contributed by atoms with Crippen molar-refractivity contribution in [1.82, 2.24) is 9.58 Å². The van der Waals surface area contributed by atoms with Gasteiger partial charge in [-0.15, -0.1) is 11.8 Å². The Morgan fingerprint density at radius 1 is 1.25 bits per heavy atom. The Labute approximate surface area is 214 Å². The summed E-state index contributed by atoms with van der Waals surface area (Å²) >= 11 is 8.20. The van der Waals surface area contributed by atoms with Crippen molar-refractivity contribution in [2.75, 3.05) is 12.4 Å². The molecule has 3 N–H and O–H groups in total. The van der Waals surface area contributed by atoms with Crippen LogP contribution in [0.2, 0.25) is 5.02 Å². The topological polar surface area (TPSA) is 88.6 Å². The maximum Gasteiger partial charge on any atom is 0.408 e. The third-order valence-corrected chi connectivity index (χ3v) is 7.80. The van der Waals surface area contributed by atoms with Crippen molar-refractivity contribution < 1.29 is 23.1 Å². The molecule has 0 radical (unpaired) electrons. The molecule has 1 aromatic heterocycles. The predicted octanol–water partition coefficient (Wildman–Crippen LogP) is 5.14. The number of aromatic hydroxyl groups is 1. The maximum atomic E-state index is 13.8. The van der Waals surface area contributed by atoms with Gasteiger partial charge in [-0.25, -0.2) is 0 Å². The van der Waals surface area contributed by atoms with E-state index >= 15 is 0 Å². The Morgan fingerprint density at radius 3 is 2.69 bits per heavy atom. The van der Waals surface area contributed by atoms with Crippen LogP contribution in [0.1, 0.15) is 46.4 Å². The van der Waals surface area contributed by atoms with Crippen LogP contribution < -0.4 is 11.3 Å². The second-order valence-corrected chi connectivity index (χ2v) is 9.91. The van der Waals surface area contributed by atoms with E-state index in [2.05, 4.69) is 0 Å². The van der Waals surface area contributed by atoms with E-state index in [0.717, 1.165) is 40.8 Å². The molecule has 11 heteroatoms. The summed E-state index contributed by atoms with van der Waals surface area (Å²) in [5.41, 5.74) is 1.04. The van der Waals surface area contributed by atoms with Gasteiger partial charge in [-0.2, -0.15) is 13.2 Å². The maximum absolute atomic E-state index is 13.8. The number of thioether (sulfide) groups is 1. The van der Waals surface area contributed by atoms with E-state index in [1.807, 2.05) is 36.4 Å². The number of carbonyl (C=O) groups is 1. The van der Waals surface area contributed by atoms with Gasteiger partial charge in [0.05, 0.1) is 0 Å². The fourth-order valence-electron chi connectivity index (χ4n) is 4.41. The van der Waals surface area contributed by atoms with Crippen LogP contribution in [0, 0.1) is 0 Å². The minimum Gasteiger partial charge on any atom is -0.502 e. The zero-order valence-electron chi connectivity index (χ0n) is 19.1. The van der Waals surface area contributed by atoms with Crippen LogP contribution in [-0.4, -0.2) is 39.4 Å². The highest BCUT2D eigenvalue weighted by Gasteiger charge is 2.43. The van der Waals surface area contributed by atoms with Gasteiger partial charge < -0.3 is 15.8 Å². The summed E-state index contributed by atoms with van der Waals surface area (Å²) in [6.45, 7) is 0.519. The van der Waals surface area contributed by atoms with Gasteiger partial charge in [0.15, 0.2) is 11.4 Å². The first kappa shape index (κ1) is 26.0. The monoisotopic (exact) mass is 537 g/mol. The van der Waals surface area contributed by atoms with Crippen LogP contribution >= 0.6 is 23.4 Å². The lowest BCUT2D eigenvalue weighted by Gasteiger charge is -2.33. The number of rotatable bonds is 5. The fourth-order valence-corrected chi connectivity index (χ4v) is 5.85. The largest absolute Gasteiger partial charge is 0.502 e. The quantitative estimate of drug-likeness (QED) is 0.440. The first-order valence-corrected chi connectivity index (χ1v) is 12.4. The number of nitrogen functional groups attached to an aromatic ring is 1. The summed E-state index contributed by atoms with van der Waals surface area (Å²) in [5.74, 6) is 3.76. The summed E-state index contributed by atoms with van der Waals surface area (Å²) in [4.78, 5) is 26.8. The molecule has 3 aromatic rings. The number of fused-ring (bicyclic) bond motifs is 2. The van der Waals surface area contributed by atoms with Crippen LogP contribution in [0.15, 0.2) is 64.4 Å². The molecule has 0 aliphatic carbocycles. The van der Waals surface area contributed by atoms with Gasteiger partial charge in [0.25, 0.3) is 5.91 Å². The zero-order chi connectivity index (χ0) is 26.2. The second kappa shape index (κ2) is 10.1. The van der Waals surface area contributed by atoms with E-state index < -0.39 is 35.0 Å². The van der Waals surface area contributed by atoms with Crippen molar-refractivity contribution in [3.8, 4) is 5.75 Å². The number of benzene rings is 2. The Hall–Kier alpha value is -3.11. The number of alkyl halides is 3. The molecule has 36 heavy (non-hydrogen) atoms. The third-order valence-electron chi connectivity index (χ3n) is 6.34. The molecule has 0 unspecified atom stereocenters. The highest BCUT2D eigenvalue weighted by Crippen LogP contribution is 2.45. The number of aromatic nitrogens is 1. The molecular formula is C25H23ClF3N3O3S. The fraction of sp³-hybridized carbons (Fsp3) is 0.280. The second-order valence-electron chi connectivity index (χ2n) is 8.48. The molecule has 1 aliphatic rings. The number of carbonyl (C=O) groups excluding carboxylic acids is 1. The zero-order valence-corrected chi connectivity index (χ0v) is 20.7. The third kappa shape index (κ3) is 4.92. The number of nitrogens with zero attached hydrogens (tertiary/aromatic N) is 2. The first-order valence-electron chi connectivity index (χ1n) is 11.1. The lowest BCUT2D eigenvalue weighted by Crippen LogP contribution is -2.49. The van der Waals surface area contributed by atoms with Gasteiger partial charge in [-0.3, -0.25) is 14.3 Å². The number of hydrogen-bond acceptors (Lipinski definition) is 5. The van der Waals surface area contributed by atoms with Crippen molar-refractivity contribution in [3.05, 3.63) is 92.4 Å². The number of halogens is 4. The molecule has 4 rings (SSSR count). The SMILES string of the molecule is C[C@@H](N(CC[C@@H]1c2ccccc2SCc2cccc(Cl)c21)C(=O)c1c(O)c(=O)ccn1N)C(F)(F)F. The van der Waals surface area contributed by atoms with Crippen LogP contribution in [0.25, 0.3) is 0 Å². The van der Waals surface area contributed by atoms with Crippen molar-refractivity contribution in [1.29, 1.82) is 0 Å². The molecular weight excluding hydrogens is 515 g/mol. The minimum atomic E-state index is -4.76. The average molecular weight is 538 g/mol. The normalized spacial score (nSPS) is 16.0. The molecule has 2 atom stereocenters. The van der Waals surface area contributed by atoms with E-state index in [-0.39, 0.29) is 18.9 Å². The van der Waals surface area contributed by atoms with Gasteiger partial charge >= 0.3 is 6.18 Å². The van der Waals surface area contributed by atoms with E-state index in [9.17, 15) is 27.9 Å². The lowest BCUT2D eigenvalue weighted by atomic mass is 9.85. The summed E-state index contributed by atoms with van der Waals surface area (Å²) in [5, 5.41) is 10.7. The van der Waals surface area contributed by atoms with Gasteiger partial charge in [0, 0.05) is 40.4 Å². The van der Waals surface area contributed by atoms with Crippen molar-refractivity contribution in [2.45, 2.75) is 42.1 Å². The Kier molecular flexibility index (Phi) is 7.28. The molecule has 0 saturated heterocycles. The van der Waals surface area contributed by atoms with E-state index in [1.165, 1.54) is 0 Å². The molecule has 0 spiro atoms. The van der Waals surface area contributed by atoms with Crippen LogP contribution in [0.5, 0.6) is 5.75 Å². The first-order chi connectivity index (χ1) is 17.0. The summed E-state index contributed by atoms with van der Waals surface area (Å²) < 4.78 is 42.2. The molecule has 2 aromatic carbocycles. The molecule has 1 aliphatic heterocycles. The number of nitrogens with two attached hydrogens (primary N) is 1. The molecule has 190 valence electrons. The average Bonchev–Trinajstić information content (AvgIpc) is 2.99. The smallest absolute Gasteiger partial charge is 0.408 e. The van der Waals surface area contributed by atoms with Crippen molar-refractivity contribution in [2.24, 2.45) is 0 Å². The summed E-state index contributed by atoms with van der Waals surface area (Å²) in [6.07, 6.45) is -3.63. The van der Waals surface area contributed by atoms with Crippen LogP contribution in [0.3, 0.4) is 0 Å². The molecule has 0 bridgehead atoms. The molecule has 0 fully saturated rings. The molecule has 6 nitrogen and oxygen atoms in total. The predicted molar refractivity (Wildman–Crippen MR) is 133 cm³/mol. The van der Waals surface area contributed by atoms with Crippen molar-refractivity contribution >= 4 is 29.3 Å². The number of hydrogen-bond donors (Lipinski definition) is 2. The number of amides is 1. The Morgan fingerprint density at radius 2 is 1.97 bits per heavy atom. The van der Waals surface area contributed by atoms with Gasteiger partial charge in [-0.1, -0.05) is 41.9 Å². The van der Waals surface area contributed by atoms with Gasteiger partial charge in [0.2, 0.25) is 5.43 Å². The van der Waals surface area contributed by atoms with Crippen molar-refractivity contribution in [3.63, 3.8) is 0 Å².